The van der Waals surface area contributed by atoms with E-state index in [9.17, 15) is 13.2 Å². The van der Waals surface area contributed by atoms with Crippen molar-refractivity contribution in [3.8, 4) is 11.5 Å². The first-order valence-electron chi connectivity index (χ1n) is 10.4. The lowest BCUT2D eigenvalue weighted by atomic mass is 10.0. The molecule has 0 heterocycles. The number of methoxy groups -OCH3 is 1. The molecule has 1 atom stereocenters. The van der Waals surface area contributed by atoms with Gasteiger partial charge in [0.25, 0.3) is 0 Å². The highest BCUT2D eigenvalue weighted by molar-refractivity contribution is 6.27. The van der Waals surface area contributed by atoms with Crippen LogP contribution in [-0.4, -0.2) is 54.8 Å². The van der Waals surface area contributed by atoms with Crippen molar-refractivity contribution in [1.82, 2.24) is 4.90 Å². The monoisotopic (exact) mass is 493 g/mol. The SMILES string of the molecule is COc1ccc2cc(C(CCN(C)C)Oc3ccc(C(F)(F)F)cc3)ccc2c1.O=C(O)C(=O)O. The Hall–Kier alpha value is -3.79. The molecular weight excluding hydrogens is 467 g/mol. The number of fused-ring (bicyclic) bond motifs is 1. The molecule has 10 heteroatoms. The Labute approximate surface area is 200 Å². The first kappa shape index (κ1) is 27.5. The van der Waals surface area contributed by atoms with Crippen LogP contribution >= 0.6 is 0 Å². The summed E-state index contributed by atoms with van der Waals surface area (Å²) in [5.41, 5.74) is 0.291. The lowest BCUT2D eigenvalue weighted by Crippen LogP contribution is -2.19. The van der Waals surface area contributed by atoms with Gasteiger partial charge in [0, 0.05) is 13.0 Å². The van der Waals surface area contributed by atoms with Crippen LogP contribution in [0.4, 0.5) is 13.2 Å². The van der Waals surface area contributed by atoms with Crippen LogP contribution in [0, 0.1) is 0 Å². The first-order valence-corrected chi connectivity index (χ1v) is 10.4. The predicted octanol–water partition coefficient (Wildman–Crippen LogP) is 5.09. The molecule has 0 bridgehead atoms. The van der Waals surface area contributed by atoms with Gasteiger partial charge < -0.3 is 24.6 Å². The minimum Gasteiger partial charge on any atom is -0.497 e. The highest BCUT2D eigenvalue weighted by atomic mass is 19.4. The number of carbonyl (C=O) groups is 2. The van der Waals surface area contributed by atoms with Crippen molar-refractivity contribution in [1.29, 1.82) is 0 Å². The Kier molecular flexibility index (Phi) is 9.47. The summed E-state index contributed by atoms with van der Waals surface area (Å²) in [5, 5.41) is 16.9. The number of alkyl halides is 3. The number of carboxylic acids is 2. The van der Waals surface area contributed by atoms with Crippen LogP contribution in [0.15, 0.2) is 60.7 Å². The van der Waals surface area contributed by atoms with Crippen molar-refractivity contribution in [2.24, 2.45) is 0 Å². The lowest BCUT2D eigenvalue weighted by Gasteiger charge is -2.22. The number of benzene rings is 3. The van der Waals surface area contributed by atoms with Crippen LogP contribution in [0.3, 0.4) is 0 Å². The molecule has 2 N–H and O–H groups in total. The van der Waals surface area contributed by atoms with Gasteiger partial charge in [-0.2, -0.15) is 13.2 Å². The third-order valence-corrected chi connectivity index (χ3v) is 4.92. The van der Waals surface area contributed by atoms with Crippen LogP contribution in [-0.2, 0) is 15.8 Å². The molecule has 0 saturated heterocycles. The maximum absolute atomic E-state index is 12.8. The fourth-order valence-corrected chi connectivity index (χ4v) is 3.13. The van der Waals surface area contributed by atoms with E-state index in [-0.39, 0.29) is 6.10 Å². The second-order valence-corrected chi connectivity index (χ2v) is 7.80. The van der Waals surface area contributed by atoms with Crippen molar-refractivity contribution in [2.75, 3.05) is 27.7 Å². The highest BCUT2D eigenvalue weighted by Gasteiger charge is 2.30. The Bertz CT molecular complexity index is 1130. The molecule has 188 valence electrons. The zero-order valence-corrected chi connectivity index (χ0v) is 19.4. The maximum atomic E-state index is 12.8. The van der Waals surface area contributed by atoms with Crippen LogP contribution in [0.1, 0.15) is 23.7 Å². The molecule has 1 unspecified atom stereocenters. The zero-order chi connectivity index (χ0) is 26.2. The van der Waals surface area contributed by atoms with E-state index in [2.05, 4.69) is 11.0 Å². The average Bonchev–Trinajstić information content (AvgIpc) is 2.81. The minimum absolute atomic E-state index is 0.277. The van der Waals surface area contributed by atoms with Crippen LogP contribution in [0.2, 0.25) is 0 Å². The molecule has 0 saturated carbocycles. The number of halogens is 3. The van der Waals surface area contributed by atoms with Gasteiger partial charge >= 0.3 is 18.1 Å². The van der Waals surface area contributed by atoms with E-state index in [1.54, 1.807) is 7.11 Å². The standard InChI is InChI=1S/C23H24F3NO2.C2H2O4/c1-27(2)13-12-22(29-20-10-7-19(8-11-20)23(24,25)26)18-5-4-17-15-21(28-3)9-6-16(17)14-18;3-1(4)2(5)6/h4-11,14-15,22H,12-13H2,1-3H3;(H,3,4)(H,5,6). The van der Waals surface area contributed by atoms with E-state index >= 15 is 0 Å². The Morgan fingerprint density at radius 3 is 1.94 bits per heavy atom. The lowest BCUT2D eigenvalue weighted by molar-refractivity contribution is -0.159. The van der Waals surface area contributed by atoms with Crippen LogP contribution in [0.5, 0.6) is 11.5 Å². The Balaban J connectivity index is 0.000000641. The highest BCUT2D eigenvalue weighted by Crippen LogP contribution is 2.33. The fraction of sp³-hybridized carbons (Fsp3) is 0.280. The van der Waals surface area contributed by atoms with Crippen LogP contribution in [0.25, 0.3) is 10.8 Å². The average molecular weight is 493 g/mol. The topological polar surface area (TPSA) is 96.3 Å². The summed E-state index contributed by atoms with van der Waals surface area (Å²) in [7, 11) is 5.58. The molecule has 3 aromatic rings. The van der Waals surface area contributed by atoms with Crippen LogP contribution < -0.4 is 9.47 Å². The number of carboxylic acid groups (broad SMARTS) is 2. The van der Waals surface area contributed by atoms with Crippen molar-refractivity contribution in [3.05, 3.63) is 71.8 Å². The number of rotatable bonds is 7. The summed E-state index contributed by atoms with van der Waals surface area (Å²) >= 11 is 0. The number of hydrogen-bond acceptors (Lipinski definition) is 5. The number of aliphatic carboxylic acids is 2. The summed E-state index contributed by atoms with van der Waals surface area (Å²) in [6.45, 7) is 0.784. The third-order valence-electron chi connectivity index (χ3n) is 4.92. The minimum atomic E-state index is -4.36. The molecule has 3 rings (SSSR count). The number of ether oxygens (including phenoxy) is 2. The number of nitrogens with zero attached hydrogens (tertiary/aromatic N) is 1. The van der Waals surface area contributed by atoms with E-state index in [1.165, 1.54) is 12.1 Å². The molecule has 0 spiro atoms. The van der Waals surface area contributed by atoms with Gasteiger partial charge in [-0.1, -0.05) is 18.2 Å². The summed E-state index contributed by atoms with van der Waals surface area (Å²) in [4.78, 5) is 20.2. The van der Waals surface area contributed by atoms with E-state index < -0.39 is 23.7 Å². The van der Waals surface area contributed by atoms with Gasteiger partial charge in [-0.05, 0) is 72.9 Å². The van der Waals surface area contributed by atoms with E-state index in [0.29, 0.717) is 12.2 Å². The fourth-order valence-electron chi connectivity index (χ4n) is 3.13. The van der Waals surface area contributed by atoms with Gasteiger partial charge in [-0.25, -0.2) is 9.59 Å². The molecule has 0 fully saturated rings. The number of hydrogen-bond donors (Lipinski definition) is 2. The smallest absolute Gasteiger partial charge is 0.416 e. The van der Waals surface area contributed by atoms with Crippen molar-refractivity contribution < 1.29 is 42.4 Å². The van der Waals surface area contributed by atoms with Crippen molar-refractivity contribution in [3.63, 3.8) is 0 Å². The second kappa shape index (κ2) is 12.1. The maximum Gasteiger partial charge on any atom is 0.416 e. The molecule has 0 aromatic heterocycles. The molecule has 0 radical (unpaired) electrons. The Morgan fingerprint density at radius 1 is 0.886 bits per heavy atom. The first-order chi connectivity index (χ1) is 16.4. The third kappa shape index (κ3) is 8.49. The largest absolute Gasteiger partial charge is 0.497 e. The van der Waals surface area contributed by atoms with E-state index in [1.807, 2.05) is 44.4 Å². The Morgan fingerprint density at radius 2 is 1.43 bits per heavy atom. The van der Waals surface area contributed by atoms with Gasteiger partial charge in [-0.15, -0.1) is 0 Å². The summed E-state index contributed by atoms with van der Waals surface area (Å²) < 4.78 is 49.8. The summed E-state index contributed by atoms with van der Waals surface area (Å²) in [6, 6.07) is 16.7. The molecule has 0 amide bonds. The predicted molar refractivity (Wildman–Crippen MR) is 124 cm³/mol. The zero-order valence-electron chi connectivity index (χ0n) is 19.4. The summed E-state index contributed by atoms with van der Waals surface area (Å²) in [6.07, 6.45) is -3.93. The molecule has 0 aliphatic rings. The molecular formula is C25H26F3NO6. The van der Waals surface area contributed by atoms with Gasteiger partial charge in [0.05, 0.1) is 12.7 Å². The molecule has 0 aliphatic carbocycles. The van der Waals surface area contributed by atoms with Gasteiger partial charge in [0.2, 0.25) is 0 Å². The molecule has 3 aromatic carbocycles. The van der Waals surface area contributed by atoms with Crippen molar-refractivity contribution >= 4 is 22.7 Å². The quantitative estimate of drug-likeness (QED) is 0.443. The van der Waals surface area contributed by atoms with E-state index in [0.717, 1.165) is 40.8 Å². The summed E-state index contributed by atoms with van der Waals surface area (Å²) in [5.74, 6) is -2.45. The molecule has 35 heavy (non-hydrogen) atoms. The molecule has 7 nitrogen and oxygen atoms in total. The van der Waals surface area contributed by atoms with Gasteiger partial charge in [0.1, 0.15) is 17.6 Å². The normalized spacial score (nSPS) is 12.0. The second-order valence-electron chi connectivity index (χ2n) is 7.80. The van der Waals surface area contributed by atoms with E-state index in [4.69, 9.17) is 29.3 Å². The van der Waals surface area contributed by atoms with Crippen molar-refractivity contribution in [2.45, 2.75) is 18.7 Å². The molecule has 0 aliphatic heterocycles. The van der Waals surface area contributed by atoms with Gasteiger partial charge in [0.15, 0.2) is 0 Å². The van der Waals surface area contributed by atoms with Gasteiger partial charge in [-0.3, -0.25) is 0 Å².